The van der Waals surface area contributed by atoms with Gasteiger partial charge >= 0.3 is 5.97 Å². The number of benzene rings is 2. The highest BCUT2D eigenvalue weighted by atomic mass is 35.5. The molecule has 0 aliphatic carbocycles. The Morgan fingerprint density at radius 1 is 1.16 bits per heavy atom. The summed E-state index contributed by atoms with van der Waals surface area (Å²) in [5.41, 5.74) is 3.01. The molecule has 0 radical (unpaired) electrons. The molecule has 1 aliphatic rings. The van der Waals surface area contributed by atoms with Gasteiger partial charge in [0.2, 0.25) is 0 Å². The Bertz CT molecular complexity index is 819. The Labute approximate surface area is 156 Å². The van der Waals surface area contributed by atoms with Crippen molar-refractivity contribution in [2.75, 3.05) is 0 Å². The summed E-state index contributed by atoms with van der Waals surface area (Å²) in [4.78, 5) is 12.7. The van der Waals surface area contributed by atoms with Gasteiger partial charge in [-0.25, -0.2) is 4.79 Å². The number of hydrogen-bond acceptors (Lipinski definition) is 3. The molecule has 0 amide bonds. The molecule has 1 atom stereocenters. The van der Waals surface area contributed by atoms with Gasteiger partial charge in [-0.3, -0.25) is 0 Å². The summed E-state index contributed by atoms with van der Waals surface area (Å²) in [6.07, 6.45) is 0. The van der Waals surface area contributed by atoms with Gasteiger partial charge in [-0.1, -0.05) is 54.1 Å². The number of rotatable bonds is 4. The Balaban J connectivity index is 1.84. The van der Waals surface area contributed by atoms with E-state index in [1.165, 1.54) is 0 Å². The second kappa shape index (κ2) is 7.68. The van der Waals surface area contributed by atoms with Gasteiger partial charge in [0.05, 0.1) is 11.6 Å². The molecular formula is C19H17ClN2O2S. The van der Waals surface area contributed by atoms with Crippen molar-refractivity contribution in [2.45, 2.75) is 19.6 Å². The highest BCUT2D eigenvalue weighted by Crippen LogP contribution is 2.28. The van der Waals surface area contributed by atoms with Crippen LogP contribution < -0.4 is 10.6 Å². The standard InChI is InChI=1S/C19H17ClN2O2S/c1-12-16(18(23)24-11-13-5-3-2-4-6-13)17(22-19(25)21-12)14-7-9-15(20)10-8-14/h2-10,17H,11H2,1H3,(H2,21,22,25). The maximum atomic E-state index is 12.7. The second-order valence-corrected chi connectivity index (χ2v) is 6.53. The molecule has 1 unspecified atom stereocenters. The minimum absolute atomic E-state index is 0.217. The maximum Gasteiger partial charge on any atom is 0.338 e. The summed E-state index contributed by atoms with van der Waals surface area (Å²) in [6.45, 7) is 2.03. The van der Waals surface area contributed by atoms with Crippen molar-refractivity contribution >= 4 is 34.9 Å². The Kier molecular flexibility index (Phi) is 5.36. The van der Waals surface area contributed by atoms with Crippen LogP contribution >= 0.6 is 23.8 Å². The lowest BCUT2D eigenvalue weighted by atomic mass is 9.96. The van der Waals surface area contributed by atoms with Crippen LogP contribution in [0.2, 0.25) is 5.02 Å². The number of carbonyl (C=O) groups excluding carboxylic acids is 1. The van der Waals surface area contributed by atoms with Gasteiger partial charge in [-0.05, 0) is 42.4 Å². The molecule has 1 heterocycles. The molecule has 2 aromatic rings. The summed E-state index contributed by atoms with van der Waals surface area (Å²) < 4.78 is 5.50. The molecule has 2 N–H and O–H groups in total. The minimum Gasteiger partial charge on any atom is -0.457 e. The molecule has 4 nitrogen and oxygen atoms in total. The van der Waals surface area contributed by atoms with Crippen molar-refractivity contribution in [3.8, 4) is 0 Å². The van der Waals surface area contributed by atoms with Crippen LogP contribution in [0, 0.1) is 0 Å². The molecule has 6 heteroatoms. The summed E-state index contributed by atoms with van der Waals surface area (Å²) >= 11 is 11.2. The molecule has 0 saturated carbocycles. The van der Waals surface area contributed by atoms with Gasteiger partial charge in [0, 0.05) is 10.7 Å². The van der Waals surface area contributed by atoms with Crippen LogP contribution in [-0.4, -0.2) is 11.1 Å². The summed E-state index contributed by atoms with van der Waals surface area (Å²) in [6, 6.07) is 16.5. The predicted molar refractivity (Wildman–Crippen MR) is 102 cm³/mol. The monoisotopic (exact) mass is 372 g/mol. The zero-order valence-corrected chi connectivity index (χ0v) is 15.2. The van der Waals surface area contributed by atoms with Crippen molar-refractivity contribution in [3.05, 3.63) is 82.0 Å². The molecule has 128 valence electrons. The average Bonchev–Trinajstić information content (AvgIpc) is 2.60. The molecule has 25 heavy (non-hydrogen) atoms. The van der Waals surface area contributed by atoms with E-state index in [4.69, 9.17) is 28.6 Å². The van der Waals surface area contributed by atoms with E-state index in [2.05, 4.69) is 10.6 Å². The fraction of sp³-hybridized carbons (Fsp3) is 0.158. The molecule has 0 saturated heterocycles. The third-order valence-corrected chi connectivity index (χ3v) is 4.38. The first kappa shape index (κ1) is 17.5. The first-order valence-corrected chi connectivity index (χ1v) is 8.58. The molecule has 1 aliphatic heterocycles. The van der Waals surface area contributed by atoms with E-state index in [1.807, 2.05) is 49.4 Å². The van der Waals surface area contributed by atoms with E-state index >= 15 is 0 Å². The normalized spacial score (nSPS) is 16.9. The Hall–Kier alpha value is -2.37. The van der Waals surface area contributed by atoms with E-state index in [0.717, 1.165) is 11.1 Å². The number of esters is 1. The number of halogens is 1. The zero-order valence-electron chi connectivity index (χ0n) is 13.6. The van der Waals surface area contributed by atoms with Crippen molar-refractivity contribution in [3.63, 3.8) is 0 Å². The average molecular weight is 373 g/mol. The third-order valence-electron chi connectivity index (χ3n) is 3.91. The fourth-order valence-electron chi connectivity index (χ4n) is 2.67. The highest BCUT2D eigenvalue weighted by molar-refractivity contribution is 7.80. The SMILES string of the molecule is CC1=C(C(=O)OCc2ccccc2)C(c2ccc(Cl)cc2)NC(=S)N1. The lowest BCUT2D eigenvalue weighted by molar-refractivity contribution is -0.140. The van der Waals surface area contributed by atoms with Crippen LogP contribution in [0.25, 0.3) is 0 Å². The van der Waals surface area contributed by atoms with E-state index < -0.39 is 0 Å². The van der Waals surface area contributed by atoms with Crippen LogP contribution in [0.3, 0.4) is 0 Å². The van der Waals surface area contributed by atoms with Gasteiger partial charge in [0.25, 0.3) is 0 Å². The number of ether oxygens (including phenoxy) is 1. The van der Waals surface area contributed by atoms with E-state index in [-0.39, 0.29) is 18.6 Å². The number of carbonyl (C=O) groups is 1. The van der Waals surface area contributed by atoms with Crippen LogP contribution in [0.5, 0.6) is 0 Å². The van der Waals surface area contributed by atoms with Gasteiger partial charge in [-0.2, -0.15) is 0 Å². The lowest BCUT2D eigenvalue weighted by Crippen LogP contribution is -2.45. The largest absolute Gasteiger partial charge is 0.457 e. The minimum atomic E-state index is -0.385. The van der Waals surface area contributed by atoms with E-state index in [1.54, 1.807) is 12.1 Å². The number of allylic oxidation sites excluding steroid dienone is 1. The lowest BCUT2D eigenvalue weighted by Gasteiger charge is -2.30. The molecule has 0 fully saturated rings. The van der Waals surface area contributed by atoms with E-state index in [9.17, 15) is 4.79 Å². The summed E-state index contributed by atoms with van der Waals surface area (Å²) in [7, 11) is 0. The Morgan fingerprint density at radius 3 is 2.52 bits per heavy atom. The first-order chi connectivity index (χ1) is 12.0. The first-order valence-electron chi connectivity index (χ1n) is 7.79. The number of nitrogens with one attached hydrogen (secondary N) is 2. The zero-order chi connectivity index (χ0) is 17.8. The van der Waals surface area contributed by atoms with Crippen molar-refractivity contribution < 1.29 is 9.53 Å². The molecule has 0 aromatic heterocycles. The number of hydrogen-bond donors (Lipinski definition) is 2. The second-order valence-electron chi connectivity index (χ2n) is 5.68. The molecule has 2 aromatic carbocycles. The van der Waals surface area contributed by atoms with Crippen molar-refractivity contribution in [1.29, 1.82) is 0 Å². The van der Waals surface area contributed by atoms with Crippen LogP contribution in [0.4, 0.5) is 0 Å². The van der Waals surface area contributed by atoms with Crippen LogP contribution in [-0.2, 0) is 16.1 Å². The van der Waals surface area contributed by atoms with Crippen molar-refractivity contribution in [2.24, 2.45) is 0 Å². The maximum absolute atomic E-state index is 12.7. The molecule has 0 bridgehead atoms. The van der Waals surface area contributed by atoms with Gasteiger partial charge in [0.1, 0.15) is 6.61 Å². The quantitative estimate of drug-likeness (QED) is 0.630. The predicted octanol–water partition coefficient (Wildman–Crippen LogP) is 3.88. The summed E-state index contributed by atoms with van der Waals surface area (Å²) in [5.74, 6) is -0.385. The van der Waals surface area contributed by atoms with E-state index in [0.29, 0.717) is 21.4 Å². The van der Waals surface area contributed by atoms with Gasteiger partial charge in [0.15, 0.2) is 5.11 Å². The van der Waals surface area contributed by atoms with Crippen LogP contribution in [0.15, 0.2) is 65.9 Å². The smallest absolute Gasteiger partial charge is 0.338 e. The molecule has 3 rings (SSSR count). The van der Waals surface area contributed by atoms with Crippen molar-refractivity contribution in [1.82, 2.24) is 10.6 Å². The topological polar surface area (TPSA) is 50.4 Å². The molecule has 0 spiro atoms. The van der Waals surface area contributed by atoms with Crippen LogP contribution in [0.1, 0.15) is 24.1 Å². The van der Waals surface area contributed by atoms with Gasteiger partial charge in [-0.15, -0.1) is 0 Å². The third kappa shape index (κ3) is 4.18. The van der Waals surface area contributed by atoms with Gasteiger partial charge < -0.3 is 15.4 Å². The Morgan fingerprint density at radius 2 is 1.84 bits per heavy atom. The molecular weight excluding hydrogens is 356 g/mol. The fourth-order valence-corrected chi connectivity index (χ4v) is 3.07. The highest BCUT2D eigenvalue weighted by Gasteiger charge is 2.30. The number of thiocarbonyl (C=S) groups is 1. The summed E-state index contributed by atoms with van der Waals surface area (Å²) in [5, 5.41) is 7.23.